The van der Waals surface area contributed by atoms with E-state index >= 15 is 0 Å². The molecule has 0 atom stereocenters. The first kappa shape index (κ1) is 21.7. The van der Waals surface area contributed by atoms with Gasteiger partial charge in [0, 0.05) is 24.9 Å². The van der Waals surface area contributed by atoms with Gasteiger partial charge in [0.2, 0.25) is 10.0 Å². The number of aromatic nitrogens is 1. The molecule has 2 aromatic heterocycles. The SMILES string of the molecule is O=C(CCc1ccc(S(=O)(=O)N2CCCCC2)cc1)OCc1csc(-c2ccco2)n1. The van der Waals surface area contributed by atoms with Crippen molar-refractivity contribution < 1.29 is 22.4 Å². The molecule has 0 N–H and O–H groups in total. The number of furan rings is 1. The molecule has 31 heavy (non-hydrogen) atoms. The van der Waals surface area contributed by atoms with E-state index in [-0.39, 0.29) is 19.0 Å². The van der Waals surface area contributed by atoms with Gasteiger partial charge < -0.3 is 9.15 Å². The average molecular weight is 461 g/mol. The molecule has 1 saturated heterocycles. The van der Waals surface area contributed by atoms with Crippen molar-refractivity contribution in [3.05, 3.63) is 59.3 Å². The molecule has 1 fully saturated rings. The summed E-state index contributed by atoms with van der Waals surface area (Å²) in [5, 5.41) is 2.59. The van der Waals surface area contributed by atoms with Crippen molar-refractivity contribution in [1.82, 2.24) is 9.29 Å². The average Bonchev–Trinajstić information content (AvgIpc) is 3.49. The molecule has 0 amide bonds. The van der Waals surface area contributed by atoms with Crippen LogP contribution in [0.3, 0.4) is 0 Å². The third kappa shape index (κ3) is 5.41. The highest BCUT2D eigenvalue weighted by atomic mass is 32.2. The lowest BCUT2D eigenvalue weighted by atomic mass is 10.1. The molecular weight excluding hydrogens is 436 g/mol. The fraction of sp³-hybridized carbons (Fsp3) is 0.364. The molecule has 0 spiro atoms. The van der Waals surface area contributed by atoms with Gasteiger partial charge in [0.05, 0.1) is 16.9 Å². The van der Waals surface area contributed by atoms with Crippen molar-refractivity contribution in [3.8, 4) is 10.8 Å². The second kappa shape index (κ2) is 9.76. The number of aryl methyl sites for hydroxylation is 1. The molecule has 3 heterocycles. The van der Waals surface area contributed by atoms with Gasteiger partial charge >= 0.3 is 5.97 Å². The smallest absolute Gasteiger partial charge is 0.306 e. The van der Waals surface area contributed by atoms with Crippen LogP contribution >= 0.6 is 11.3 Å². The summed E-state index contributed by atoms with van der Waals surface area (Å²) in [6.07, 6.45) is 5.18. The minimum absolute atomic E-state index is 0.114. The molecular formula is C22H24N2O5S2. The second-order valence-corrected chi connectivity index (χ2v) is 10.2. The van der Waals surface area contributed by atoms with Crippen LogP contribution in [0.25, 0.3) is 10.8 Å². The Kier molecular flexibility index (Phi) is 6.84. The van der Waals surface area contributed by atoms with Gasteiger partial charge in [-0.1, -0.05) is 18.6 Å². The first-order valence-corrected chi connectivity index (χ1v) is 12.6. The zero-order valence-corrected chi connectivity index (χ0v) is 18.7. The summed E-state index contributed by atoms with van der Waals surface area (Å²) in [5.74, 6) is 0.367. The van der Waals surface area contributed by atoms with Crippen LogP contribution in [0.15, 0.2) is 57.4 Å². The number of nitrogens with zero attached hydrogens (tertiary/aromatic N) is 2. The molecule has 0 unspecified atom stereocenters. The molecule has 1 aliphatic rings. The number of hydrogen-bond donors (Lipinski definition) is 0. The lowest BCUT2D eigenvalue weighted by Gasteiger charge is -2.25. The number of esters is 1. The van der Waals surface area contributed by atoms with Crippen molar-refractivity contribution in [2.24, 2.45) is 0 Å². The maximum Gasteiger partial charge on any atom is 0.306 e. The van der Waals surface area contributed by atoms with Crippen molar-refractivity contribution in [2.75, 3.05) is 13.1 Å². The number of sulfonamides is 1. The number of thiazole rings is 1. The largest absolute Gasteiger partial charge is 0.462 e. The lowest BCUT2D eigenvalue weighted by Crippen LogP contribution is -2.35. The maximum absolute atomic E-state index is 12.7. The Hall–Kier alpha value is -2.49. The normalized spacial score (nSPS) is 15.1. The minimum atomic E-state index is -3.43. The third-order valence-corrected chi connectivity index (χ3v) is 7.98. The summed E-state index contributed by atoms with van der Waals surface area (Å²) in [5.41, 5.74) is 1.57. The second-order valence-electron chi connectivity index (χ2n) is 7.39. The van der Waals surface area contributed by atoms with Gasteiger partial charge in [0.25, 0.3) is 0 Å². The fourth-order valence-corrected chi connectivity index (χ4v) is 5.73. The zero-order valence-electron chi connectivity index (χ0n) is 17.0. The highest BCUT2D eigenvalue weighted by Gasteiger charge is 2.25. The molecule has 1 aromatic carbocycles. The van der Waals surface area contributed by atoms with Crippen molar-refractivity contribution in [2.45, 2.75) is 43.6 Å². The van der Waals surface area contributed by atoms with E-state index in [1.54, 1.807) is 40.9 Å². The third-order valence-electron chi connectivity index (χ3n) is 5.16. The number of carbonyl (C=O) groups excluding carboxylic acids is 1. The van der Waals surface area contributed by atoms with Crippen LogP contribution in [0.4, 0.5) is 0 Å². The molecule has 164 valence electrons. The van der Waals surface area contributed by atoms with E-state index in [0.717, 1.165) is 29.8 Å². The number of carbonyl (C=O) groups is 1. The van der Waals surface area contributed by atoms with Gasteiger partial charge in [-0.2, -0.15) is 4.31 Å². The summed E-state index contributed by atoms with van der Waals surface area (Å²) < 4.78 is 37.6. The van der Waals surface area contributed by atoms with Crippen LogP contribution in [-0.2, 0) is 32.6 Å². The van der Waals surface area contributed by atoms with Crippen molar-refractivity contribution in [1.29, 1.82) is 0 Å². The summed E-state index contributed by atoms with van der Waals surface area (Å²) in [6, 6.07) is 10.4. The van der Waals surface area contributed by atoms with E-state index in [2.05, 4.69) is 4.98 Å². The summed E-state index contributed by atoms with van der Waals surface area (Å²) in [4.78, 5) is 16.8. The van der Waals surface area contributed by atoms with E-state index in [0.29, 0.717) is 35.9 Å². The predicted molar refractivity (Wildman–Crippen MR) is 117 cm³/mol. The lowest BCUT2D eigenvalue weighted by molar-refractivity contribution is -0.145. The molecule has 3 aromatic rings. The zero-order chi connectivity index (χ0) is 21.7. The number of hydrogen-bond acceptors (Lipinski definition) is 7. The van der Waals surface area contributed by atoms with Crippen LogP contribution < -0.4 is 0 Å². The van der Waals surface area contributed by atoms with Gasteiger partial charge in [-0.15, -0.1) is 11.3 Å². The Bertz CT molecular complexity index is 1100. The summed E-state index contributed by atoms with van der Waals surface area (Å²) in [7, 11) is -3.43. The van der Waals surface area contributed by atoms with Crippen LogP contribution in [0, 0.1) is 0 Å². The molecule has 1 aliphatic heterocycles. The van der Waals surface area contributed by atoms with E-state index in [1.807, 2.05) is 11.4 Å². The highest BCUT2D eigenvalue weighted by Crippen LogP contribution is 2.24. The Balaban J connectivity index is 1.26. The molecule has 7 nitrogen and oxygen atoms in total. The van der Waals surface area contributed by atoms with Gasteiger partial charge in [-0.25, -0.2) is 13.4 Å². The van der Waals surface area contributed by atoms with Crippen LogP contribution in [0.1, 0.15) is 36.9 Å². The van der Waals surface area contributed by atoms with Gasteiger partial charge in [0.1, 0.15) is 6.61 Å². The topological polar surface area (TPSA) is 89.7 Å². The Morgan fingerprint density at radius 3 is 2.61 bits per heavy atom. The maximum atomic E-state index is 12.7. The minimum Gasteiger partial charge on any atom is -0.462 e. The standard InChI is InChI=1S/C22H24N2O5S2/c25-21(29-15-18-16-30-22(23-18)20-5-4-14-28-20)11-8-17-6-9-19(10-7-17)31(26,27)24-12-2-1-3-13-24/h4-7,9-10,14,16H,1-3,8,11-13,15H2. The summed E-state index contributed by atoms with van der Waals surface area (Å²) in [6.45, 7) is 1.28. The molecule has 0 radical (unpaired) electrons. The fourth-order valence-electron chi connectivity index (χ4n) is 3.44. The van der Waals surface area contributed by atoms with Gasteiger partial charge in [-0.3, -0.25) is 4.79 Å². The predicted octanol–water partition coefficient (Wildman–Crippen LogP) is 4.25. The summed E-state index contributed by atoms with van der Waals surface area (Å²) >= 11 is 1.43. The van der Waals surface area contributed by atoms with Crippen LogP contribution in [0.5, 0.6) is 0 Å². The molecule has 4 rings (SSSR count). The van der Waals surface area contributed by atoms with E-state index < -0.39 is 10.0 Å². The Morgan fingerprint density at radius 2 is 1.90 bits per heavy atom. The molecule has 0 bridgehead atoms. The number of benzene rings is 1. The van der Waals surface area contributed by atoms with Crippen LogP contribution in [0.2, 0.25) is 0 Å². The van der Waals surface area contributed by atoms with E-state index in [9.17, 15) is 13.2 Å². The van der Waals surface area contributed by atoms with E-state index in [4.69, 9.17) is 9.15 Å². The first-order chi connectivity index (χ1) is 15.0. The number of rotatable bonds is 8. The van der Waals surface area contributed by atoms with Crippen molar-refractivity contribution >= 4 is 27.3 Å². The highest BCUT2D eigenvalue weighted by molar-refractivity contribution is 7.89. The van der Waals surface area contributed by atoms with Gasteiger partial charge in [0.15, 0.2) is 10.8 Å². The number of piperidine rings is 1. The van der Waals surface area contributed by atoms with Gasteiger partial charge in [-0.05, 0) is 49.1 Å². The Labute approximate surface area is 185 Å². The quantitative estimate of drug-likeness (QED) is 0.467. The van der Waals surface area contributed by atoms with Crippen molar-refractivity contribution in [3.63, 3.8) is 0 Å². The Morgan fingerprint density at radius 1 is 1.13 bits per heavy atom. The molecule has 0 aliphatic carbocycles. The monoisotopic (exact) mass is 460 g/mol. The van der Waals surface area contributed by atoms with Crippen LogP contribution in [-0.4, -0.2) is 36.8 Å². The first-order valence-electron chi connectivity index (χ1n) is 10.3. The number of ether oxygens (including phenoxy) is 1. The van der Waals surface area contributed by atoms with E-state index in [1.165, 1.54) is 11.3 Å². The molecule has 0 saturated carbocycles. The molecule has 9 heteroatoms.